The monoisotopic (exact) mass is 356 g/mol. The number of hydrogen-bond donors (Lipinski definition) is 1. The molecule has 1 saturated heterocycles. The average molecular weight is 356 g/mol. The standard InChI is InChI=1S/C19H24N4O3/c1-2-26-19(25)23-13-11-22(12-14-23)10-8-17(24)21-16-7-3-5-15-6-4-9-20-18(15)16/h3-7,9H,2,8,10-14H2,1H3,(H,21,24). The molecule has 26 heavy (non-hydrogen) atoms. The fourth-order valence-electron chi connectivity index (χ4n) is 3.05. The zero-order valence-corrected chi connectivity index (χ0v) is 15.0. The largest absolute Gasteiger partial charge is 0.450 e. The van der Waals surface area contributed by atoms with Gasteiger partial charge >= 0.3 is 6.09 Å². The Morgan fingerprint density at radius 1 is 1.15 bits per heavy atom. The zero-order valence-electron chi connectivity index (χ0n) is 15.0. The third kappa shape index (κ3) is 4.49. The third-order valence-corrected chi connectivity index (χ3v) is 4.46. The molecule has 0 unspecified atom stereocenters. The Hall–Kier alpha value is -2.67. The van der Waals surface area contributed by atoms with Crippen LogP contribution in [0.25, 0.3) is 10.9 Å². The summed E-state index contributed by atoms with van der Waals surface area (Å²) in [5.74, 6) is -0.0315. The molecule has 2 amide bonds. The van der Waals surface area contributed by atoms with Crippen molar-refractivity contribution in [1.82, 2.24) is 14.8 Å². The molecule has 0 saturated carbocycles. The van der Waals surface area contributed by atoms with Crippen LogP contribution in [-0.2, 0) is 9.53 Å². The Kier molecular flexibility index (Phi) is 6.01. The summed E-state index contributed by atoms with van der Waals surface area (Å²) in [5.41, 5.74) is 1.53. The summed E-state index contributed by atoms with van der Waals surface area (Å²) >= 11 is 0. The van der Waals surface area contributed by atoms with Crippen molar-refractivity contribution in [2.45, 2.75) is 13.3 Å². The van der Waals surface area contributed by atoms with E-state index in [0.717, 1.165) is 29.7 Å². The van der Waals surface area contributed by atoms with Gasteiger partial charge in [0.1, 0.15) is 0 Å². The summed E-state index contributed by atoms with van der Waals surface area (Å²) in [6.45, 7) is 5.63. The third-order valence-electron chi connectivity index (χ3n) is 4.46. The molecule has 3 rings (SSSR count). The fraction of sp³-hybridized carbons (Fsp3) is 0.421. The predicted octanol–water partition coefficient (Wildman–Crippen LogP) is 2.34. The average Bonchev–Trinajstić information content (AvgIpc) is 2.67. The van der Waals surface area contributed by atoms with Crippen LogP contribution in [0, 0.1) is 0 Å². The minimum Gasteiger partial charge on any atom is -0.450 e. The number of para-hydroxylation sites is 1. The van der Waals surface area contributed by atoms with E-state index in [-0.39, 0.29) is 12.0 Å². The highest BCUT2D eigenvalue weighted by Crippen LogP contribution is 2.20. The van der Waals surface area contributed by atoms with Gasteiger partial charge in [-0.25, -0.2) is 4.79 Å². The van der Waals surface area contributed by atoms with Gasteiger partial charge in [0.15, 0.2) is 0 Å². The van der Waals surface area contributed by atoms with Crippen molar-refractivity contribution in [3.8, 4) is 0 Å². The first-order valence-corrected chi connectivity index (χ1v) is 8.95. The number of rotatable bonds is 5. The van der Waals surface area contributed by atoms with Gasteiger partial charge in [0.25, 0.3) is 0 Å². The highest BCUT2D eigenvalue weighted by molar-refractivity contribution is 6.00. The summed E-state index contributed by atoms with van der Waals surface area (Å²) in [6.07, 6.45) is 1.87. The molecule has 1 aliphatic rings. The van der Waals surface area contributed by atoms with Crippen LogP contribution in [-0.4, -0.2) is 66.1 Å². The molecular weight excluding hydrogens is 332 g/mol. The van der Waals surface area contributed by atoms with Crippen molar-refractivity contribution >= 4 is 28.6 Å². The van der Waals surface area contributed by atoms with Crippen LogP contribution in [0.3, 0.4) is 0 Å². The van der Waals surface area contributed by atoms with Crippen molar-refractivity contribution in [1.29, 1.82) is 0 Å². The first-order chi connectivity index (χ1) is 12.7. The number of nitrogens with zero attached hydrogens (tertiary/aromatic N) is 3. The molecule has 138 valence electrons. The molecule has 0 spiro atoms. The second kappa shape index (κ2) is 8.62. The lowest BCUT2D eigenvalue weighted by Crippen LogP contribution is -2.49. The topological polar surface area (TPSA) is 74.8 Å². The van der Waals surface area contributed by atoms with E-state index in [9.17, 15) is 9.59 Å². The normalized spacial score (nSPS) is 15.0. The van der Waals surface area contributed by atoms with Crippen LogP contribution in [0.5, 0.6) is 0 Å². The highest BCUT2D eigenvalue weighted by atomic mass is 16.6. The van der Waals surface area contributed by atoms with Gasteiger partial charge in [-0.05, 0) is 19.1 Å². The number of anilines is 1. The number of carbonyl (C=O) groups is 2. The maximum atomic E-state index is 12.3. The van der Waals surface area contributed by atoms with Gasteiger partial charge in [-0.15, -0.1) is 0 Å². The second-order valence-corrected chi connectivity index (χ2v) is 6.21. The van der Waals surface area contributed by atoms with Crippen molar-refractivity contribution < 1.29 is 14.3 Å². The molecule has 7 nitrogen and oxygen atoms in total. The fourth-order valence-corrected chi connectivity index (χ4v) is 3.05. The number of benzene rings is 1. The van der Waals surface area contributed by atoms with Crippen LogP contribution in [0.15, 0.2) is 36.5 Å². The molecular formula is C19H24N4O3. The minimum atomic E-state index is -0.256. The number of aromatic nitrogens is 1. The summed E-state index contributed by atoms with van der Waals surface area (Å²) in [6, 6.07) is 9.60. The van der Waals surface area contributed by atoms with Gasteiger partial charge in [0.2, 0.25) is 5.91 Å². The lowest BCUT2D eigenvalue weighted by atomic mass is 10.2. The molecule has 0 aliphatic carbocycles. The zero-order chi connectivity index (χ0) is 18.4. The summed E-state index contributed by atoms with van der Waals surface area (Å²) < 4.78 is 5.01. The summed E-state index contributed by atoms with van der Waals surface area (Å²) in [5, 5.41) is 3.96. The lowest BCUT2D eigenvalue weighted by Gasteiger charge is -2.33. The number of piperazine rings is 1. The molecule has 1 N–H and O–H groups in total. The van der Waals surface area contributed by atoms with E-state index in [1.165, 1.54) is 0 Å². The molecule has 0 bridgehead atoms. The molecule has 1 aliphatic heterocycles. The van der Waals surface area contributed by atoms with Gasteiger partial charge in [0, 0.05) is 50.7 Å². The maximum Gasteiger partial charge on any atom is 0.409 e. The van der Waals surface area contributed by atoms with E-state index in [1.54, 1.807) is 18.0 Å². The number of fused-ring (bicyclic) bond motifs is 1. The van der Waals surface area contributed by atoms with Gasteiger partial charge < -0.3 is 15.0 Å². The Balaban J connectivity index is 1.47. The Morgan fingerprint density at radius 2 is 1.92 bits per heavy atom. The van der Waals surface area contributed by atoms with Gasteiger partial charge in [0.05, 0.1) is 17.8 Å². The first-order valence-electron chi connectivity index (χ1n) is 8.95. The summed E-state index contributed by atoms with van der Waals surface area (Å²) in [4.78, 5) is 32.3. The quantitative estimate of drug-likeness (QED) is 0.890. The second-order valence-electron chi connectivity index (χ2n) is 6.21. The van der Waals surface area contributed by atoms with Gasteiger partial charge in [-0.2, -0.15) is 0 Å². The molecule has 1 aromatic carbocycles. The van der Waals surface area contributed by atoms with Crippen LogP contribution in [0.2, 0.25) is 0 Å². The van der Waals surface area contributed by atoms with Crippen molar-refractivity contribution in [2.24, 2.45) is 0 Å². The number of nitrogens with one attached hydrogen (secondary N) is 1. The SMILES string of the molecule is CCOC(=O)N1CCN(CCC(=O)Nc2cccc3cccnc23)CC1. The minimum absolute atomic E-state index is 0.0315. The van der Waals surface area contributed by atoms with Gasteiger partial charge in [-0.3, -0.25) is 14.7 Å². The van der Waals surface area contributed by atoms with Crippen molar-refractivity contribution in [3.05, 3.63) is 36.5 Å². The Bertz CT molecular complexity index is 767. The maximum absolute atomic E-state index is 12.3. The number of hydrogen-bond acceptors (Lipinski definition) is 5. The first kappa shape index (κ1) is 18.1. The van der Waals surface area contributed by atoms with E-state index >= 15 is 0 Å². The molecule has 0 radical (unpaired) electrons. The molecule has 2 heterocycles. The van der Waals surface area contributed by atoms with E-state index in [2.05, 4.69) is 15.2 Å². The Labute approximate surface area is 152 Å². The van der Waals surface area contributed by atoms with E-state index in [4.69, 9.17) is 4.74 Å². The van der Waals surface area contributed by atoms with Crippen molar-refractivity contribution in [2.75, 3.05) is 44.6 Å². The Morgan fingerprint density at radius 3 is 2.69 bits per heavy atom. The number of pyridine rings is 1. The number of carbonyl (C=O) groups excluding carboxylic acids is 2. The van der Waals surface area contributed by atoms with Crippen LogP contribution in [0.4, 0.5) is 10.5 Å². The number of ether oxygens (including phenoxy) is 1. The predicted molar refractivity (Wildman–Crippen MR) is 100 cm³/mol. The lowest BCUT2D eigenvalue weighted by molar-refractivity contribution is -0.116. The van der Waals surface area contributed by atoms with Crippen LogP contribution >= 0.6 is 0 Å². The van der Waals surface area contributed by atoms with E-state index in [1.807, 2.05) is 30.3 Å². The number of amides is 2. The van der Waals surface area contributed by atoms with E-state index < -0.39 is 0 Å². The van der Waals surface area contributed by atoms with Crippen molar-refractivity contribution in [3.63, 3.8) is 0 Å². The smallest absolute Gasteiger partial charge is 0.409 e. The van der Waals surface area contributed by atoms with Gasteiger partial charge in [-0.1, -0.05) is 18.2 Å². The van der Waals surface area contributed by atoms with Crippen LogP contribution < -0.4 is 5.32 Å². The molecule has 2 aromatic rings. The molecule has 0 atom stereocenters. The summed E-state index contributed by atoms with van der Waals surface area (Å²) in [7, 11) is 0. The molecule has 1 aromatic heterocycles. The van der Waals surface area contributed by atoms with Crippen LogP contribution in [0.1, 0.15) is 13.3 Å². The van der Waals surface area contributed by atoms with E-state index in [0.29, 0.717) is 32.7 Å². The highest BCUT2D eigenvalue weighted by Gasteiger charge is 2.22. The molecule has 7 heteroatoms. The molecule has 1 fully saturated rings.